The molecular formula is C15H16N2O6S. The predicted octanol–water partition coefficient (Wildman–Crippen LogP) is 1.31. The molecule has 2 saturated heterocycles. The maximum atomic E-state index is 12.7. The maximum Gasteiger partial charge on any atom is 0.309 e. The molecule has 0 aromatic heterocycles. The number of benzene rings is 1. The summed E-state index contributed by atoms with van der Waals surface area (Å²) in [5, 5.41) is 11.1. The molecule has 1 aliphatic carbocycles. The predicted molar refractivity (Wildman–Crippen MR) is 81.5 cm³/mol. The van der Waals surface area contributed by atoms with E-state index in [4.69, 9.17) is 4.74 Å². The van der Waals surface area contributed by atoms with Crippen molar-refractivity contribution in [3.05, 3.63) is 34.4 Å². The van der Waals surface area contributed by atoms with Crippen LogP contribution < -0.4 is 0 Å². The van der Waals surface area contributed by atoms with Crippen LogP contribution >= 0.6 is 0 Å². The Labute approximate surface area is 138 Å². The zero-order valence-corrected chi connectivity index (χ0v) is 13.5. The summed E-state index contributed by atoms with van der Waals surface area (Å²) in [6.07, 6.45) is 2.14. The number of para-hydroxylation sites is 1. The number of hydrogen-bond donors (Lipinski definition) is 0. The van der Waals surface area contributed by atoms with Gasteiger partial charge in [-0.25, -0.2) is 8.42 Å². The molecule has 128 valence electrons. The summed E-state index contributed by atoms with van der Waals surface area (Å²) in [5.41, 5.74) is -0.442. The fourth-order valence-electron chi connectivity index (χ4n) is 3.42. The largest absolute Gasteiger partial charge is 0.460 e. The number of carbonyl (C=O) groups is 1. The Morgan fingerprint density at radius 1 is 1.25 bits per heavy atom. The number of esters is 1. The van der Waals surface area contributed by atoms with E-state index in [9.17, 15) is 23.3 Å². The number of nitro groups is 1. The van der Waals surface area contributed by atoms with E-state index in [1.807, 2.05) is 0 Å². The third kappa shape index (κ3) is 2.48. The Bertz CT molecular complexity index is 819. The number of cyclic esters (lactones) is 1. The van der Waals surface area contributed by atoms with E-state index >= 15 is 0 Å². The second-order valence-electron chi connectivity index (χ2n) is 6.52. The summed E-state index contributed by atoms with van der Waals surface area (Å²) < 4.78 is 31.9. The molecule has 8 nitrogen and oxygen atoms in total. The molecule has 1 aromatic carbocycles. The third-order valence-electron chi connectivity index (χ3n) is 4.93. The quantitative estimate of drug-likeness (QED) is 0.342. The molecular weight excluding hydrogens is 336 g/mol. The molecule has 1 aromatic rings. The van der Waals surface area contributed by atoms with Crippen LogP contribution in [0.2, 0.25) is 0 Å². The zero-order chi connectivity index (χ0) is 17.1. The summed E-state index contributed by atoms with van der Waals surface area (Å²) in [6, 6.07) is 4.87. The standard InChI is InChI=1S/C15H16N2O6S/c18-15-10(9-5-6-9)7-13(23-15)12-8-16(12)24(21,22)14-4-2-1-3-11(14)17(19)20/h1-4,9-10,12-13H,5-8H2/t10-,12?,13-,16?/m0/s1. The minimum atomic E-state index is -3.97. The van der Waals surface area contributed by atoms with Gasteiger partial charge in [-0.15, -0.1) is 0 Å². The zero-order valence-electron chi connectivity index (χ0n) is 12.7. The normalized spacial score (nSPS) is 32.4. The van der Waals surface area contributed by atoms with Crippen LogP contribution in [-0.2, 0) is 19.6 Å². The van der Waals surface area contributed by atoms with Crippen molar-refractivity contribution in [1.82, 2.24) is 4.31 Å². The Hall–Kier alpha value is -2.00. The summed E-state index contributed by atoms with van der Waals surface area (Å²) in [7, 11) is -3.97. The second kappa shape index (κ2) is 5.25. The number of nitrogens with zero attached hydrogens (tertiary/aromatic N) is 2. The maximum absolute atomic E-state index is 12.7. The van der Waals surface area contributed by atoms with Gasteiger partial charge in [0.05, 0.1) is 16.9 Å². The SMILES string of the molecule is O=C1O[C@H](C2CN2S(=O)(=O)c2ccccc2[N+](=O)[O-])C[C@H]1C1CC1. The first-order chi connectivity index (χ1) is 11.4. The number of nitro benzene ring substituents is 1. The Balaban J connectivity index is 1.53. The van der Waals surface area contributed by atoms with Crippen LogP contribution in [0.1, 0.15) is 19.3 Å². The average molecular weight is 352 g/mol. The topological polar surface area (TPSA) is 107 Å². The van der Waals surface area contributed by atoms with Gasteiger partial charge >= 0.3 is 5.97 Å². The molecule has 2 aliphatic heterocycles. The number of sulfonamides is 1. The lowest BCUT2D eigenvalue weighted by atomic mass is 9.98. The highest BCUT2D eigenvalue weighted by molar-refractivity contribution is 7.89. The van der Waals surface area contributed by atoms with Gasteiger partial charge in [0.15, 0.2) is 4.90 Å². The van der Waals surface area contributed by atoms with Crippen molar-refractivity contribution >= 4 is 21.7 Å². The molecule has 24 heavy (non-hydrogen) atoms. The van der Waals surface area contributed by atoms with E-state index in [1.54, 1.807) is 0 Å². The van der Waals surface area contributed by atoms with E-state index in [2.05, 4.69) is 0 Å². The molecule has 2 unspecified atom stereocenters. The van der Waals surface area contributed by atoms with Crippen molar-refractivity contribution in [2.45, 2.75) is 36.3 Å². The van der Waals surface area contributed by atoms with Crippen LogP contribution in [0, 0.1) is 22.0 Å². The molecule has 0 bridgehead atoms. The van der Waals surface area contributed by atoms with Gasteiger partial charge in [0, 0.05) is 12.6 Å². The minimum absolute atomic E-state index is 0.119. The van der Waals surface area contributed by atoms with Gasteiger partial charge in [-0.2, -0.15) is 4.31 Å². The molecule has 4 rings (SSSR count). The van der Waals surface area contributed by atoms with Gasteiger partial charge in [-0.3, -0.25) is 14.9 Å². The highest BCUT2D eigenvalue weighted by Gasteiger charge is 2.56. The van der Waals surface area contributed by atoms with Crippen LogP contribution in [0.4, 0.5) is 5.69 Å². The number of hydrogen-bond acceptors (Lipinski definition) is 6. The van der Waals surface area contributed by atoms with E-state index in [0.29, 0.717) is 12.3 Å². The van der Waals surface area contributed by atoms with Gasteiger partial charge in [-0.05, 0) is 31.2 Å². The van der Waals surface area contributed by atoms with Crippen LogP contribution in [-0.4, -0.2) is 42.3 Å². The summed E-state index contributed by atoms with van der Waals surface area (Å²) in [4.78, 5) is 21.9. The lowest BCUT2D eigenvalue weighted by Gasteiger charge is -2.10. The molecule has 0 amide bonds. The molecule has 9 heteroatoms. The highest BCUT2D eigenvalue weighted by atomic mass is 32.2. The van der Waals surface area contributed by atoms with Crippen LogP contribution in [0.3, 0.4) is 0 Å². The highest BCUT2D eigenvalue weighted by Crippen LogP contribution is 2.46. The van der Waals surface area contributed by atoms with Crippen molar-refractivity contribution in [2.75, 3.05) is 6.54 Å². The smallest absolute Gasteiger partial charge is 0.309 e. The first-order valence-electron chi connectivity index (χ1n) is 7.85. The first kappa shape index (κ1) is 15.5. The molecule has 0 N–H and O–H groups in total. The second-order valence-corrected chi connectivity index (χ2v) is 8.38. The van der Waals surface area contributed by atoms with Gasteiger partial charge in [0.25, 0.3) is 5.69 Å². The Morgan fingerprint density at radius 3 is 2.62 bits per heavy atom. The van der Waals surface area contributed by atoms with E-state index in [-0.39, 0.29) is 23.3 Å². The van der Waals surface area contributed by atoms with Gasteiger partial charge in [0.1, 0.15) is 6.10 Å². The lowest BCUT2D eigenvalue weighted by molar-refractivity contribution is -0.387. The third-order valence-corrected chi connectivity index (χ3v) is 6.87. The van der Waals surface area contributed by atoms with Crippen molar-refractivity contribution in [3.8, 4) is 0 Å². The molecule has 4 atom stereocenters. The summed E-state index contributed by atoms with van der Waals surface area (Å²) in [5.74, 6) is 0.0187. The fourth-order valence-corrected chi connectivity index (χ4v) is 5.17. The molecule has 1 saturated carbocycles. The fraction of sp³-hybridized carbons (Fsp3) is 0.533. The molecule has 3 fully saturated rings. The molecule has 0 radical (unpaired) electrons. The van der Waals surface area contributed by atoms with Gasteiger partial charge in [0.2, 0.25) is 10.0 Å². The van der Waals surface area contributed by atoms with Crippen LogP contribution in [0.5, 0.6) is 0 Å². The van der Waals surface area contributed by atoms with Crippen molar-refractivity contribution in [1.29, 1.82) is 0 Å². The van der Waals surface area contributed by atoms with Crippen molar-refractivity contribution < 1.29 is 22.9 Å². The van der Waals surface area contributed by atoms with Crippen molar-refractivity contribution in [3.63, 3.8) is 0 Å². The van der Waals surface area contributed by atoms with E-state index < -0.39 is 32.8 Å². The Kier molecular flexibility index (Phi) is 3.40. The van der Waals surface area contributed by atoms with Crippen LogP contribution in [0.25, 0.3) is 0 Å². The Morgan fingerprint density at radius 2 is 1.96 bits per heavy atom. The summed E-state index contributed by atoms with van der Waals surface area (Å²) in [6.45, 7) is 0.226. The first-order valence-corrected chi connectivity index (χ1v) is 9.29. The number of rotatable bonds is 5. The molecule has 3 aliphatic rings. The molecule has 0 spiro atoms. The van der Waals surface area contributed by atoms with Gasteiger partial charge in [-0.1, -0.05) is 12.1 Å². The van der Waals surface area contributed by atoms with E-state index in [0.717, 1.165) is 12.8 Å². The number of ether oxygens (including phenoxy) is 1. The lowest BCUT2D eigenvalue weighted by Crippen LogP contribution is -2.23. The van der Waals surface area contributed by atoms with E-state index in [1.165, 1.54) is 28.6 Å². The summed E-state index contributed by atoms with van der Waals surface area (Å²) >= 11 is 0. The number of carbonyl (C=O) groups excluding carboxylic acids is 1. The van der Waals surface area contributed by atoms with Crippen LogP contribution in [0.15, 0.2) is 29.2 Å². The minimum Gasteiger partial charge on any atom is -0.460 e. The van der Waals surface area contributed by atoms with Crippen molar-refractivity contribution in [2.24, 2.45) is 11.8 Å². The average Bonchev–Trinajstić information content (AvgIpc) is 3.45. The van der Waals surface area contributed by atoms with Gasteiger partial charge < -0.3 is 4.74 Å². The monoisotopic (exact) mass is 352 g/mol. The molecule has 2 heterocycles.